The molecule has 3 aromatic rings. The van der Waals surface area contributed by atoms with Crippen LogP contribution in [0.3, 0.4) is 0 Å². The average Bonchev–Trinajstić information content (AvgIpc) is 3.20. The van der Waals surface area contributed by atoms with E-state index < -0.39 is 0 Å². The third kappa shape index (κ3) is 6.49. The molecule has 0 fully saturated rings. The van der Waals surface area contributed by atoms with Gasteiger partial charge >= 0.3 is 0 Å². The number of rotatable bonds is 9. The molecule has 0 aliphatic heterocycles. The van der Waals surface area contributed by atoms with Crippen molar-refractivity contribution in [1.82, 2.24) is 19.4 Å². The van der Waals surface area contributed by atoms with Crippen molar-refractivity contribution in [3.63, 3.8) is 0 Å². The van der Waals surface area contributed by atoms with Gasteiger partial charge in [-0.15, -0.1) is 0 Å². The molecule has 0 bridgehead atoms. The number of nitrogens with one attached hydrogen (secondary N) is 1. The highest BCUT2D eigenvalue weighted by Crippen LogP contribution is 2.24. The van der Waals surface area contributed by atoms with E-state index in [1.807, 2.05) is 63.2 Å². The van der Waals surface area contributed by atoms with Crippen molar-refractivity contribution < 1.29 is 14.0 Å². The molecule has 0 unspecified atom stereocenters. The van der Waals surface area contributed by atoms with Crippen molar-refractivity contribution in [3.8, 4) is 16.9 Å². The smallest absolute Gasteiger partial charge is 0.246 e. The van der Waals surface area contributed by atoms with Crippen molar-refractivity contribution in [3.05, 3.63) is 66.6 Å². The van der Waals surface area contributed by atoms with E-state index in [4.69, 9.17) is 0 Å². The van der Waals surface area contributed by atoms with Gasteiger partial charge in [-0.1, -0.05) is 44.2 Å². The molecule has 33 heavy (non-hydrogen) atoms. The normalized spacial score (nSPS) is 11.1. The number of anilines is 1. The van der Waals surface area contributed by atoms with Crippen LogP contribution >= 0.6 is 0 Å². The number of benzene rings is 2. The van der Waals surface area contributed by atoms with Crippen LogP contribution in [0.4, 0.5) is 10.3 Å². The molecule has 0 saturated carbocycles. The zero-order valence-electron chi connectivity index (χ0n) is 19.5. The number of aromatic nitrogens is 2. The van der Waals surface area contributed by atoms with Crippen LogP contribution in [0.25, 0.3) is 16.9 Å². The third-order valence-corrected chi connectivity index (χ3v) is 5.09. The van der Waals surface area contributed by atoms with Gasteiger partial charge < -0.3 is 9.80 Å². The second-order valence-corrected chi connectivity index (χ2v) is 8.43. The predicted molar refractivity (Wildman–Crippen MR) is 128 cm³/mol. The molecule has 0 aliphatic rings. The number of amides is 2. The van der Waals surface area contributed by atoms with Gasteiger partial charge in [-0.25, -0.2) is 9.37 Å². The van der Waals surface area contributed by atoms with E-state index >= 15 is 0 Å². The van der Waals surface area contributed by atoms with Gasteiger partial charge in [0.05, 0.1) is 12.2 Å². The number of halogens is 1. The number of likely N-dealkylation sites (N-methyl/N-ethyl adjacent to an activating group) is 1. The Morgan fingerprint density at radius 1 is 1.03 bits per heavy atom. The van der Waals surface area contributed by atoms with Crippen molar-refractivity contribution in [1.29, 1.82) is 0 Å². The first-order valence-corrected chi connectivity index (χ1v) is 10.9. The molecule has 1 aromatic heterocycles. The monoisotopic (exact) mass is 451 g/mol. The highest BCUT2D eigenvalue weighted by atomic mass is 19.1. The van der Waals surface area contributed by atoms with Crippen LogP contribution in [0.2, 0.25) is 0 Å². The molecule has 3 rings (SSSR count). The van der Waals surface area contributed by atoms with Crippen LogP contribution in [0, 0.1) is 11.7 Å². The predicted octanol–water partition coefficient (Wildman–Crippen LogP) is 3.66. The fourth-order valence-corrected chi connectivity index (χ4v) is 3.31. The van der Waals surface area contributed by atoms with Crippen LogP contribution in [-0.2, 0) is 9.59 Å². The summed E-state index contributed by atoms with van der Waals surface area (Å²) in [5, 5.41) is 2.84. The molecule has 1 N–H and O–H groups in total. The summed E-state index contributed by atoms with van der Waals surface area (Å²) in [6, 6.07) is 15.5. The lowest BCUT2D eigenvalue weighted by Gasteiger charge is -2.25. The molecule has 0 radical (unpaired) electrons. The van der Waals surface area contributed by atoms with Crippen LogP contribution in [0.1, 0.15) is 13.8 Å². The number of carbonyl (C=O) groups excluding carboxylic acids is 2. The summed E-state index contributed by atoms with van der Waals surface area (Å²) in [4.78, 5) is 33.7. The van der Waals surface area contributed by atoms with E-state index in [0.29, 0.717) is 30.4 Å². The summed E-state index contributed by atoms with van der Waals surface area (Å²) in [5.74, 6) is -0.701. The van der Waals surface area contributed by atoms with Gasteiger partial charge in [0.2, 0.25) is 17.8 Å². The Balaban J connectivity index is 1.87. The van der Waals surface area contributed by atoms with Crippen molar-refractivity contribution >= 4 is 17.8 Å². The van der Waals surface area contributed by atoms with E-state index in [1.165, 1.54) is 12.1 Å². The van der Waals surface area contributed by atoms with E-state index in [2.05, 4.69) is 10.3 Å². The van der Waals surface area contributed by atoms with Crippen LogP contribution in [0.15, 0.2) is 60.8 Å². The lowest BCUT2D eigenvalue weighted by Crippen LogP contribution is -2.43. The van der Waals surface area contributed by atoms with Gasteiger partial charge in [-0.2, -0.15) is 0 Å². The molecule has 1 heterocycles. The molecule has 8 heteroatoms. The minimum atomic E-state index is -0.351. The summed E-state index contributed by atoms with van der Waals surface area (Å²) >= 11 is 0. The molecule has 2 amide bonds. The number of imidazole rings is 1. The SMILES string of the molecule is CC(C)C(=O)N(CCN(C)C)CC(=O)Nc1nc(-c2ccccc2)cn1-c1ccc(F)cc1. The largest absolute Gasteiger partial charge is 0.332 e. The fraction of sp³-hybridized carbons (Fsp3) is 0.320. The van der Waals surface area contributed by atoms with Gasteiger partial charge in [0.25, 0.3) is 0 Å². The second-order valence-electron chi connectivity index (χ2n) is 8.43. The summed E-state index contributed by atoms with van der Waals surface area (Å²) in [5.41, 5.74) is 2.21. The maximum Gasteiger partial charge on any atom is 0.246 e. The summed E-state index contributed by atoms with van der Waals surface area (Å²) in [6.07, 6.45) is 1.79. The standard InChI is InChI=1S/C25H30FN5O2/c1-18(2)24(33)30(15-14-29(3)4)17-23(32)28-25-27-22(19-8-6-5-7-9-19)16-31(25)21-12-10-20(26)11-13-21/h5-13,16,18H,14-15,17H2,1-4H3,(H,27,28,32). The summed E-state index contributed by atoms with van der Waals surface area (Å²) in [7, 11) is 3.84. The lowest BCUT2D eigenvalue weighted by atomic mass is 10.2. The first kappa shape index (κ1) is 24.1. The fourth-order valence-electron chi connectivity index (χ4n) is 3.31. The molecular weight excluding hydrogens is 421 g/mol. The van der Waals surface area contributed by atoms with Gasteiger partial charge in [0, 0.05) is 36.5 Å². The Morgan fingerprint density at radius 2 is 1.70 bits per heavy atom. The highest BCUT2D eigenvalue weighted by Gasteiger charge is 2.21. The Morgan fingerprint density at radius 3 is 2.30 bits per heavy atom. The Bertz CT molecular complexity index is 1080. The minimum Gasteiger partial charge on any atom is -0.332 e. The molecule has 2 aromatic carbocycles. The Labute approximate surface area is 193 Å². The zero-order chi connectivity index (χ0) is 24.0. The lowest BCUT2D eigenvalue weighted by molar-refractivity contribution is -0.137. The molecule has 0 saturated heterocycles. The van der Waals surface area contributed by atoms with Gasteiger partial charge in [0.15, 0.2) is 0 Å². The molecule has 0 spiro atoms. The maximum atomic E-state index is 13.5. The number of nitrogens with zero attached hydrogens (tertiary/aromatic N) is 4. The molecule has 174 valence electrons. The van der Waals surface area contributed by atoms with E-state index in [-0.39, 0.29) is 30.1 Å². The summed E-state index contributed by atoms with van der Waals surface area (Å²) in [6.45, 7) is 4.64. The third-order valence-electron chi connectivity index (χ3n) is 5.09. The van der Waals surface area contributed by atoms with Crippen molar-refractivity contribution in [2.75, 3.05) is 39.0 Å². The van der Waals surface area contributed by atoms with Crippen molar-refractivity contribution in [2.24, 2.45) is 5.92 Å². The van der Waals surface area contributed by atoms with Crippen LogP contribution in [0.5, 0.6) is 0 Å². The molecule has 0 atom stereocenters. The van der Waals surface area contributed by atoms with Gasteiger partial charge in [-0.3, -0.25) is 19.5 Å². The highest BCUT2D eigenvalue weighted by molar-refractivity contribution is 5.94. The van der Waals surface area contributed by atoms with Gasteiger partial charge in [-0.05, 0) is 38.4 Å². The maximum absolute atomic E-state index is 13.5. The number of carbonyl (C=O) groups is 2. The molecule has 7 nitrogen and oxygen atoms in total. The Kier molecular flexibility index (Phi) is 7.95. The quantitative estimate of drug-likeness (QED) is 0.539. The zero-order valence-corrected chi connectivity index (χ0v) is 19.5. The topological polar surface area (TPSA) is 70.5 Å². The molecular formula is C25H30FN5O2. The van der Waals surface area contributed by atoms with E-state index in [9.17, 15) is 14.0 Å². The first-order valence-electron chi connectivity index (χ1n) is 10.9. The summed E-state index contributed by atoms with van der Waals surface area (Å²) < 4.78 is 15.2. The van der Waals surface area contributed by atoms with E-state index in [0.717, 1.165) is 5.56 Å². The second kappa shape index (κ2) is 10.9. The molecule has 0 aliphatic carbocycles. The average molecular weight is 452 g/mol. The van der Waals surface area contributed by atoms with Crippen LogP contribution in [-0.4, -0.2) is 64.9 Å². The van der Waals surface area contributed by atoms with Crippen LogP contribution < -0.4 is 5.32 Å². The van der Waals surface area contributed by atoms with Gasteiger partial charge in [0.1, 0.15) is 5.82 Å². The number of hydrogen-bond donors (Lipinski definition) is 1. The first-order chi connectivity index (χ1) is 15.7. The van der Waals surface area contributed by atoms with Crippen molar-refractivity contribution in [2.45, 2.75) is 13.8 Å². The minimum absolute atomic E-state index is 0.0815. The Hall–Kier alpha value is -3.52. The van der Waals surface area contributed by atoms with E-state index in [1.54, 1.807) is 27.8 Å². The number of hydrogen-bond acceptors (Lipinski definition) is 4.